The standard InChI is InChI=1S/C13H15N5O5/c19-12-14-5-8(6-15-12)11-16-10(23-17-11)7-22-9-1-3-18(4-2-9)13(20)21/h5-6,9H,1-4,7H2,(H,20,21)(H,14,15,19). The Bertz CT molecular complexity index is 714. The molecule has 1 saturated heterocycles. The molecular formula is C13H15N5O5. The highest BCUT2D eigenvalue weighted by Gasteiger charge is 2.23. The van der Waals surface area contributed by atoms with Gasteiger partial charge < -0.3 is 24.3 Å². The van der Waals surface area contributed by atoms with Gasteiger partial charge in [0.25, 0.3) is 5.89 Å². The maximum Gasteiger partial charge on any atom is 0.407 e. The van der Waals surface area contributed by atoms with E-state index in [0.29, 0.717) is 43.2 Å². The van der Waals surface area contributed by atoms with Crippen LogP contribution >= 0.6 is 0 Å². The summed E-state index contributed by atoms with van der Waals surface area (Å²) in [7, 11) is 0. The molecular weight excluding hydrogens is 306 g/mol. The number of H-pyrrole nitrogens is 1. The van der Waals surface area contributed by atoms with Crippen LogP contribution in [-0.2, 0) is 11.3 Å². The number of piperidine rings is 1. The zero-order valence-corrected chi connectivity index (χ0v) is 12.1. The zero-order chi connectivity index (χ0) is 16.2. The molecule has 1 aliphatic rings. The molecule has 10 nitrogen and oxygen atoms in total. The number of hydrogen-bond donors (Lipinski definition) is 2. The molecule has 3 rings (SSSR count). The Morgan fingerprint density at radius 1 is 1.48 bits per heavy atom. The Balaban J connectivity index is 1.53. The van der Waals surface area contributed by atoms with Crippen molar-refractivity contribution < 1.29 is 19.2 Å². The molecule has 1 aliphatic heterocycles. The third kappa shape index (κ3) is 3.72. The third-order valence-corrected chi connectivity index (χ3v) is 3.55. The van der Waals surface area contributed by atoms with Crippen molar-refractivity contribution in [3.8, 4) is 11.4 Å². The predicted molar refractivity (Wildman–Crippen MR) is 75.6 cm³/mol. The van der Waals surface area contributed by atoms with E-state index in [1.165, 1.54) is 17.3 Å². The minimum Gasteiger partial charge on any atom is -0.465 e. The molecule has 0 bridgehead atoms. The van der Waals surface area contributed by atoms with Gasteiger partial charge in [0.2, 0.25) is 5.82 Å². The monoisotopic (exact) mass is 321 g/mol. The molecule has 1 amide bonds. The number of rotatable bonds is 4. The van der Waals surface area contributed by atoms with E-state index in [4.69, 9.17) is 14.4 Å². The van der Waals surface area contributed by atoms with Crippen molar-refractivity contribution in [3.05, 3.63) is 28.8 Å². The molecule has 0 aromatic carbocycles. The van der Waals surface area contributed by atoms with E-state index in [2.05, 4.69) is 20.1 Å². The highest BCUT2D eigenvalue weighted by molar-refractivity contribution is 5.65. The molecule has 0 atom stereocenters. The van der Waals surface area contributed by atoms with Crippen LogP contribution in [0.4, 0.5) is 4.79 Å². The number of aromatic amines is 1. The van der Waals surface area contributed by atoms with Crippen LogP contribution in [0.25, 0.3) is 11.4 Å². The summed E-state index contributed by atoms with van der Waals surface area (Å²) in [5, 5.41) is 12.7. The van der Waals surface area contributed by atoms with Crippen molar-refractivity contribution in [3.63, 3.8) is 0 Å². The van der Waals surface area contributed by atoms with E-state index in [1.54, 1.807) is 0 Å². The molecule has 3 heterocycles. The lowest BCUT2D eigenvalue weighted by Crippen LogP contribution is -2.40. The topological polar surface area (TPSA) is 134 Å². The number of likely N-dealkylation sites (tertiary alicyclic amines) is 1. The number of carbonyl (C=O) groups is 1. The van der Waals surface area contributed by atoms with Gasteiger partial charge in [0.05, 0.1) is 11.7 Å². The average Bonchev–Trinajstić information content (AvgIpc) is 3.03. The molecule has 2 aromatic heterocycles. The van der Waals surface area contributed by atoms with E-state index in [9.17, 15) is 9.59 Å². The van der Waals surface area contributed by atoms with Crippen molar-refractivity contribution in [2.45, 2.75) is 25.6 Å². The molecule has 0 saturated carbocycles. The minimum absolute atomic E-state index is 0.0318. The van der Waals surface area contributed by atoms with Gasteiger partial charge in [-0.25, -0.2) is 14.6 Å². The molecule has 2 aromatic rings. The first-order chi connectivity index (χ1) is 11.1. The van der Waals surface area contributed by atoms with Gasteiger partial charge in [0, 0.05) is 25.5 Å². The molecule has 10 heteroatoms. The number of carboxylic acid groups (broad SMARTS) is 1. The number of amides is 1. The average molecular weight is 321 g/mol. The number of aromatic nitrogens is 4. The van der Waals surface area contributed by atoms with Crippen LogP contribution in [0.5, 0.6) is 0 Å². The zero-order valence-electron chi connectivity index (χ0n) is 12.1. The van der Waals surface area contributed by atoms with E-state index in [-0.39, 0.29) is 12.7 Å². The summed E-state index contributed by atoms with van der Waals surface area (Å²) in [4.78, 5) is 33.3. The first-order valence-electron chi connectivity index (χ1n) is 7.09. The largest absolute Gasteiger partial charge is 0.465 e. The second kappa shape index (κ2) is 6.57. The smallest absolute Gasteiger partial charge is 0.407 e. The minimum atomic E-state index is -0.903. The lowest BCUT2D eigenvalue weighted by molar-refractivity contribution is -0.00953. The summed E-state index contributed by atoms with van der Waals surface area (Å²) in [6.07, 6.45) is 3.15. The maximum atomic E-state index is 10.9. The van der Waals surface area contributed by atoms with Crippen LogP contribution in [0.3, 0.4) is 0 Å². The number of ether oxygens (including phenoxy) is 1. The number of nitrogens with one attached hydrogen (secondary N) is 1. The lowest BCUT2D eigenvalue weighted by atomic mass is 10.1. The van der Waals surface area contributed by atoms with Crippen LogP contribution < -0.4 is 5.69 Å². The van der Waals surface area contributed by atoms with Gasteiger partial charge in [-0.1, -0.05) is 5.16 Å². The van der Waals surface area contributed by atoms with Gasteiger partial charge in [0.15, 0.2) is 0 Å². The lowest BCUT2D eigenvalue weighted by Gasteiger charge is -2.29. The Morgan fingerprint density at radius 3 is 2.91 bits per heavy atom. The molecule has 0 aliphatic carbocycles. The fourth-order valence-corrected chi connectivity index (χ4v) is 2.30. The quantitative estimate of drug-likeness (QED) is 0.830. The summed E-state index contributed by atoms with van der Waals surface area (Å²) < 4.78 is 10.8. The fraction of sp³-hybridized carbons (Fsp3) is 0.462. The van der Waals surface area contributed by atoms with Crippen molar-refractivity contribution in [1.29, 1.82) is 0 Å². The van der Waals surface area contributed by atoms with Crippen LogP contribution in [0.1, 0.15) is 18.7 Å². The van der Waals surface area contributed by atoms with Gasteiger partial charge >= 0.3 is 11.8 Å². The van der Waals surface area contributed by atoms with Gasteiger partial charge in [-0.3, -0.25) is 0 Å². The number of hydrogen-bond acceptors (Lipinski definition) is 7. The Kier molecular flexibility index (Phi) is 4.33. The first kappa shape index (κ1) is 15.2. The van der Waals surface area contributed by atoms with Gasteiger partial charge in [-0.15, -0.1) is 0 Å². The van der Waals surface area contributed by atoms with Crippen LogP contribution in [0.2, 0.25) is 0 Å². The second-order valence-corrected chi connectivity index (χ2v) is 5.10. The van der Waals surface area contributed by atoms with Gasteiger partial charge in [-0.2, -0.15) is 4.98 Å². The molecule has 122 valence electrons. The van der Waals surface area contributed by atoms with E-state index >= 15 is 0 Å². The van der Waals surface area contributed by atoms with Gasteiger partial charge in [-0.05, 0) is 12.8 Å². The van der Waals surface area contributed by atoms with Crippen LogP contribution in [0.15, 0.2) is 21.7 Å². The fourth-order valence-electron chi connectivity index (χ4n) is 2.30. The maximum absolute atomic E-state index is 10.9. The summed E-state index contributed by atoms with van der Waals surface area (Å²) in [6, 6.07) is 0. The Labute approximate surface area is 130 Å². The number of nitrogens with zero attached hydrogens (tertiary/aromatic N) is 4. The molecule has 0 spiro atoms. The van der Waals surface area contributed by atoms with E-state index < -0.39 is 11.8 Å². The summed E-state index contributed by atoms with van der Waals surface area (Å²) in [5.74, 6) is 0.625. The summed E-state index contributed by atoms with van der Waals surface area (Å²) in [6.45, 7) is 1.07. The molecule has 0 radical (unpaired) electrons. The van der Waals surface area contributed by atoms with Crippen LogP contribution in [0, 0.1) is 0 Å². The van der Waals surface area contributed by atoms with Crippen molar-refractivity contribution in [2.24, 2.45) is 0 Å². The summed E-state index contributed by atoms with van der Waals surface area (Å²) in [5.41, 5.74) is 0.0860. The van der Waals surface area contributed by atoms with Crippen molar-refractivity contribution >= 4 is 6.09 Å². The molecule has 1 fully saturated rings. The van der Waals surface area contributed by atoms with E-state index in [1.807, 2.05) is 0 Å². The third-order valence-electron chi connectivity index (χ3n) is 3.55. The van der Waals surface area contributed by atoms with Crippen molar-refractivity contribution in [1.82, 2.24) is 25.0 Å². The molecule has 0 unspecified atom stereocenters. The normalized spacial score (nSPS) is 15.7. The second-order valence-electron chi connectivity index (χ2n) is 5.10. The predicted octanol–water partition coefficient (Wildman–Crippen LogP) is 0.479. The molecule has 2 N–H and O–H groups in total. The first-order valence-corrected chi connectivity index (χ1v) is 7.09. The SMILES string of the molecule is O=C(O)N1CCC(OCc2nc(-c3cnc(=O)[nH]c3)no2)CC1. The Hall–Kier alpha value is -2.75. The summed E-state index contributed by atoms with van der Waals surface area (Å²) >= 11 is 0. The van der Waals surface area contributed by atoms with Crippen LogP contribution in [-0.4, -0.2) is 55.4 Å². The van der Waals surface area contributed by atoms with Gasteiger partial charge in [0.1, 0.15) is 6.61 Å². The van der Waals surface area contributed by atoms with E-state index in [0.717, 1.165) is 0 Å². The Morgan fingerprint density at radius 2 is 2.26 bits per heavy atom. The highest BCUT2D eigenvalue weighted by Crippen LogP contribution is 2.17. The molecule has 23 heavy (non-hydrogen) atoms. The van der Waals surface area contributed by atoms with Crippen molar-refractivity contribution in [2.75, 3.05) is 13.1 Å². The highest BCUT2D eigenvalue weighted by atomic mass is 16.5.